The minimum absolute atomic E-state index is 0.262. The summed E-state index contributed by atoms with van der Waals surface area (Å²) in [7, 11) is 2.42. The number of likely N-dealkylation sites (N-methyl/N-ethyl adjacent to an activating group) is 1. The number of amides is 1. The van der Waals surface area contributed by atoms with E-state index in [0.717, 1.165) is 25.9 Å². The second kappa shape index (κ2) is 16.4. The number of hydrogen-bond donors (Lipinski definition) is 0. The summed E-state index contributed by atoms with van der Waals surface area (Å²) >= 11 is 0. The normalized spacial score (nSPS) is 21.9. The number of rotatable bonds is 16. The van der Waals surface area contributed by atoms with Gasteiger partial charge in [-0.05, 0) is 39.2 Å². The zero-order valence-corrected chi connectivity index (χ0v) is 24.6. The van der Waals surface area contributed by atoms with Gasteiger partial charge in [0.2, 0.25) is 5.91 Å². The Kier molecular flexibility index (Phi) is 13.7. The summed E-state index contributed by atoms with van der Waals surface area (Å²) < 4.78 is 0. The van der Waals surface area contributed by atoms with E-state index in [2.05, 4.69) is 23.8 Å². The van der Waals surface area contributed by atoms with Crippen molar-refractivity contribution in [1.82, 2.24) is 9.80 Å². The van der Waals surface area contributed by atoms with Gasteiger partial charge in [0, 0.05) is 30.6 Å². The van der Waals surface area contributed by atoms with E-state index in [-0.39, 0.29) is 11.1 Å². The molecule has 3 nitrogen and oxygen atoms in total. The molecule has 1 saturated heterocycles. The second-order valence-corrected chi connectivity index (χ2v) is 13.1. The Morgan fingerprint density at radius 1 is 0.556 bits per heavy atom. The molecule has 0 aromatic rings. The summed E-state index contributed by atoms with van der Waals surface area (Å²) in [5.74, 6) is 0.465. The Labute approximate surface area is 225 Å². The topological polar surface area (TPSA) is 23.6 Å². The highest BCUT2D eigenvalue weighted by atomic mass is 16.2. The van der Waals surface area contributed by atoms with E-state index >= 15 is 0 Å². The van der Waals surface area contributed by atoms with E-state index in [1.54, 1.807) is 0 Å². The van der Waals surface area contributed by atoms with Crippen LogP contribution in [0.2, 0.25) is 0 Å². The fraction of sp³-hybridized carbons (Fsp3) is 0.970. The lowest BCUT2D eigenvalue weighted by molar-refractivity contribution is -0.153. The molecular formula is C33H62N2O. The highest BCUT2D eigenvalue weighted by Crippen LogP contribution is 2.46. The first-order chi connectivity index (χ1) is 17.6. The Morgan fingerprint density at radius 2 is 0.917 bits per heavy atom. The Bertz CT molecular complexity index is 562. The number of nitrogens with zero attached hydrogens (tertiary/aromatic N) is 2. The first-order valence-corrected chi connectivity index (χ1v) is 16.6. The third kappa shape index (κ3) is 9.02. The molecular weight excluding hydrogens is 440 g/mol. The van der Waals surface area contributed by atoms with E-state index in [0.29, 0.717) is 5.91 Å². The minimum atomic E-state index is 0.262. The van der Waals surface area contributed by atoms with Gasteiger partial charge in [-0.15, -0.1) is 0 Å². The van der Waals surface area contributed by atoms with Crippen LogP contribution in [0.5, 0.6) is 0 Å². The van der Waals surface area contributed by atoms with Crippen molar-refractivity contribution in [2.75, 3.05) is 20.1 Å². The number of piperazine rings is 1. The molecule has 2 aliphatic carbocycles. The minimum Gasteiger partial charge on any atom is -0.339 e. The Hall–Kier alpha value is -0.570. The molecule has 3 heteroatoms. The van der Waals surface area contributed by atoms with Crippen molar-refractivity contribution in [2.24, 2.45) is 0 Å². The van der Waals surface area contributed by atoms with Crippen LogP contribution in [-0.4, -0.2) is 46.9 Å². The Balaban J connectivity index is 1.27. The van der Waals surface area contributed by atoms with Crippen LogP contribution in [0.3, 0.4) is 0 Å². The monoisotopic (exact) mass is 502 g/mol. The molecule has 210 valence electrons. The van der Waals surface area contributed by atoms with Crippen LogP contribution in [0, 0.1) is 0 Å². The van der Waals surface area contributed by atoms with Crippen LogP contribution in [-0.2, 0) is 4.79 Å². The van der Waals surface area contributed by atoms with Crippen LogP contribution in [0.25, 0.3) is 0 Å². The molecule has 36 heavy (non-hydrogen) atoms. The van der Waals surface area contributed by atoms with Crippen molar-refractivity contribution in [3.8, 4) is 0 Å². The smallest absolute Gasteiger partial charge is 0.222 e. The fourth-order valence-electron chi connectivity index (χ4n) is 7.87. The van der Waals surface area contributed by atoms with Gasteiger partial charge in [-0.25, -0.2) is 0 Å². The molecule has 0 radical (unpaired) electrons. The third-order valence-electron chi connectivity index (χ3n) is 10.3. The van der Waals surface area contributed by atoms with Crippen LogP contribution in [0.4, 0.5) is 0 Å². The summed E-state index contributed by atoms with van der Waals surface area (Å²) in [5.41, 5.74) is 0.525. The van der Waals surface area contributed by atoms with Gasteiger partial charge in [0.25, 0.3) is 0 Å². The lowest BCUT2D eigenvalue weighted by Gasteiger charge is -2.62. The molecule has 1 aliphatic heterocycles. The van der Waals surface area contributed by atoms with Crippen molar-refractivity contribution in [2.45, 2.75) is 185 Å². The molecule has 0 aromatic heterocycles. The summed E-state index contributed by atoms with van der Waals surface area (Å²) in [6.07, 6.45) is 34.9. The molecule has 0 atom stereocenters. The van der Waals surface area contributed by atoms with Crippen molar-refractivity contribution >= 4 is 5.91 Å². The molecule has 2 saturated carbocycles. The highest BCUT2D eigenvalue weighted by Gasteiger charge is 2.52. The zero-order chi connectivity index (χ0) is 25.5. The van der Waals surface area contributed by atoms with Crippen molar-refractivity contribution in [3.05, 3.63) is 0 Å². The van der Waals surface area contributed by atoms with Gasteiger partial charge in [-0.3, -0.25) is 9.69 Å². The van der Waals surface area contributed by atoms with Crippen LogP contribution in [0.15, 0.2) is 0 Å². The highest BCUT2D eigenvalue weighted by molar-refractivity contribution is 5.76. The molecule has 0 aromatic carbocycles. The maximum absolute atomic E-state index is 13.4. The molecule has 0 bridgehead atoms. The van der Waals surface area contributed by atoms with E-state index in [9.17, 15) is 4.79 Å². The van der Waals surface area contributed by atoms with Gasteiger partial charge in [-0.2, -0.15) is 0 Å². The van der Waals surface area contributed by atoms with Crippen molar-refractivity contribution < 1.29 is 4.79 Å². The fourth-order valence-corrected chi connectivity index (χ4v) is 7.87. The van der Waals surface area contributed by atoms with Gasteiger partial charge in [0.1, 0.15) is 0 Å². The largest absolute Gasteiger partial charge is 0.339 e. The zero-order valence-electron chi connectivity index (χ0n) is 24.6. The molecule has 0 unspecified atom stereocenters. The van der Waals surface area contributed by atoms with Gasteiger partial charge >= 0.3 is 0 Å². The maximum Gasteiger partial charge on any atom is 0.222 e. The molecule has 2 spiro atoms. The molecule has 1 amide bonds. The molecule has 3 rings (SSSR count). The van der Waals surface area contributed by atoms with E-state index < -0.39 is 0 Å². The van der Waals surface area contributed by atoms with Gasteiger partial charge in [-0.1, -0.05) is 135 Å². The van der Waals surface area contributed by atoms with Crippen molar-refractivity contribution in [1.29, 1.82) is 0 Å². The third-order valence-corrected chi connectivity index (χ3v) is 10.3. The standard InChI is InChI=1S/C33H62N2O/c1-3-4-5-6-7-8-9-10-11-12-13-14-15-16-19-24-31(36)35-29-32(25-20-17-21-26-32)34(2)33(30-35)27-22-18-23-28-33/h3-30H2,1-2H3. The quantitative estimate of drug-likeness (QED) is 0.196. The first-order valence-electron chi connectivity index (χ1n) is 16.6. The SMILES string of the molecule is CCCCCCCCCCCCCCCCCC(=O)N1CC2(CCCCC2)N(C)C2(CCCCC2)C1. The first kappa shape index (κ1) is 30.0. The number of carbonyl (C=O) groups excluding carboxylic acids is 1. The van der Waals surface area contributed by atoms with E-state index in [1.165, 1.54) is 154 Å². The van der Waals surface area contributed by atoms with E-state index in [4.69, 9.17) is 0 Å². The average Bonchev–Trinajstić information content (AvgIpc) is 2.90. The maximum atomic E-state index is 13.4. The number of unbranched alkanes of at least 4 members (excludes halogenated alkanes) is 14. The molecule has 3 aliphatic rings. The van der Waals surface area contributed by atoms with Gasteiger partial charge in [0.15, 0.2) is 0 Å². The van der Waals surface area contributed by atoms with Gasteiger partial charge in [0.05, 0.1) is 0 Å². The molecule has 1 heterocycles. The van der Waals surface area contributed by atoms with Gasteiger partial charge < -0.3 is 4.90 Å². The van der Waals surface area contributed by atoms with Crippen LogP contribution in [0.1, 0.15) is 174 Å². The van der Waals surface area contributed by atoms with E-state index in [1.807, 2.05) is 0 Å². The van der Waals surface area contributed by atoms with Crippen LogP contribution >= 0.6 is 0 Å². The lowest BCUT2D eigenvalue weighted by Crippen LogP contribution is -2.72. The van der Waals surface area contributed by atoms with Crippen LogP contribution < -0.4 is 0 Å². The summed E-state index contributed by atoms with van der Waals surface area (Å²) in [4.78, 5) is 18.6. The lowest BCUT2D eigenvalue weighted by atomic mass is 9.70. The summed E-state index contributed by atoms with van der Waals surface area (Å²) in [6, 6.07) is 0. The number of hydrogen-bond acceptors (Lipinski definition) is 2. The predicted molar refractivity (Wildman–Crippen MR) is 156 cm³/mol. The average molecular weight is 503 g/mol. The van der Waals surface area contributed by atoms with Crippen molar-refractivity contribution in [3.63, 3.8) is 0 Å². The number of carbonyl (C=O) groups is 1. The Morgan fingerprint density at radius 3 is 1.31 bits per heavy atom. The summed E-state index contributed by atoms with van der Waals surface area (Å²) in [6.45, 7) is 4.30. The summed E-state index contributed by atoms with van der Waals surface area (Å²) in [5, 5.41) is 0. The molecule has 3 fully saturated rings. The second-order valence-electron chi connectivity index (χ2n) is 13.1. The molecule has 0 N–H and O–H groups in total. The predicted octanol–water partition coefficient (Wildman–Crippen LogP) is 9.43.